The molecule has 2 aliphatic rings. The van der Waals surface area contributed by atoms with Crippen molar-refractivity contribution < 1.29 is 13.2 Å². The number of sulfonamides is 1. The van der Waals surface area contributed by atoms with Gasteiger partial charge < -0.3 is 4.90 Å². The Labute approximate surface area is 189 Å². The van der Waals surface area contributed by atoms with E-state index in [1.54, 1.807) is 4.90 Å². The maximum atomic E-state index is 13.3. The number of hydrogen-bond donors (Lipinski definition) is 0. The van der Waals surface area contributed by atoms with E-state index < -0.39 is 10.0 Å². The van der Waals surface area contributed by atoms with Gasteiger partial charge in [0.15, 0.2) is 0 Å². The van der Waals surface area contributed by atoms with Crippen LogP contribution in [0.1, 0.15) is 61.6 Å². The molecule has 1 aromatic carbocycles. The molecule has 0 N–H and O–H groups in total. The van der Waals surface area contributed by atoms with Gasteiger partial charge in [-0.15, -0.1) is 0 Å². The first-order chi connectivity index (χ1) is 14.6. The van der Waals surface area contributed by atoms with E-state index >= 15 is 0 Å². The highest BCUT2D eigenvalue weighted by atomic mass is 35.5. The second kappa shape index (κ2) is 8.22. The van der Waals surface area contributed by atoms with Crippen LogP contribution in [-0.4, -0.2) is 52.9 Å². The molecule has 9 heteroatoms. The quantitative estimate of drug-likeness (QED) is 0.694. The molecule has 0 aliphatic carbocycles. The molecule has 1 fully saturated rings. The predicted molar refractivity (Wildman–Crippen MR) is 120 cm³/mol. The van der Waals surface area contributed by atoms with Crippen LogP contribution in [-0.2, 0) is 28.5 Å². The van der Waals surface area contributed by atoms with Crippen molar-refractivity contribution in [3.63, 3.8) is 0 Å². The van der Waals surface area contributed by atoms with Crippen LogP contribution in [0.2, 0.25) is 5.02 Å². The molecule has 0 radical (unpaired) electrons. The minimum atomic E-state index is -3.64. The van der Waals surface area contributed by atoms with Gasteiger partial charge in [0.25, 0.3) is 5.91 Å². The monoisotopic (exact) mass is 464 g/mol. The predicted octanol–water partition coefficient (Wildman–Crippen LogP) is 3.66. The molecule has 0 spiro atoms. The van der Waals surface area contributed by atoms with Crippen LogP contribution in [0, 0.1) is 0 Å². The van der Waals surface area contributed by atoms with Gasteiger partial charge in [-0.05, 0) is 51.8 Å². The SMILES string of the molecule is CC(C)(C)n1ncc2c1CCN(C(=O)c1cc(S(=O)(=O)N3CCCCC3)ccc1Cl)C2. The van der Waals surface area contributed by atoms with Crippen molar-refractivity contribution in [2.45, 2.75) is 63.4 Å². The highest BCUT2D eigenvalue weighted by molar-refractivity contribution is 7.89. The number of aromatic nitrogens is 2. The van der Waals surface area contributed by atoms with E-state index in [4.69, 9.17) is 11.6 Å². The average Bonchev–Trinajstić information content (AvgIpc) is 3.18. The van der Waals surface area contributed by atoms with Gasteiger partial charge in [0.05, 0.1) is 27.2 Å². The number of benzene rings is 1. The Bertz CT molecular complexity index is 1100. The van der Waals surface area contributed by atoms with E-state index in [0.29, 0.717) is 32.6 Å². The van der Waals surface area contributed by atoms with Crippen molar-refractivity contribution >= 4 is 27.5 Å². The van der Waals surface area contributed by atoms with Crippen molar-refractivity contribution in [2.75, 3.05) is 19.6 Å². The minimum absolute atomic E-state index is 0.125. The minimum Gasteiger partial charge on any atom is -0.334 e. The fourth-order valence-electron chi connectivity index (χ4n) is 4.34. The fraction of sp³-hybridized carbons (Fsp3) is 0.545. The third-order valence-electron chi connectivity index (χ3n) is 5.98. The standard InChI is InChI=1S/C22H29ClN4O3S/c1-22(2,3)27-20-9-12-25(15-16(20)14-24-27)21(28)18-13-17(7-8-19(18)23)31(29,30)26-10-5-4-6-11-26/h7-8,13-14H,4-6,9-12,15H2,1-3H3. The van der Waals surface area contributed by atoms with Crippen molar-refractivity contribution in [1.29, 1.82) is 0 Å². The molecule has 0 unspecified atom stereocenters. The van der Waals surface area contributed by atoms with E-state index in [0.717, 1.165) is 30.5 Å². The van der Waals surface area contributed by atoms with Crippen molar-refractivity contribution in [3.8, 4) is 0 Å². The summed E-state index contributed by atoms with van der Waals surface area (Å²) in [4.78, 5) is 15.1. The molecule has 1 saturated heterocycles. The molecule has 7 nitrogen and oxygen atoms in total. The molecular weight excluding hydrogens is 436 g/mol. The van der Waals surface area contributed by atoms with Gasteiger partial charge in [0.2, 0.25) is 10.0 Å². The molecular formula is C22H29ClN4O3S. The highest BCUT2D eigenvalue weighted by Gasteiger charge is 2.31. The first-order valence-electron chi connectivity index (χ1n) is 10.7. The Morgan fingerprint density at radius 1 is 1.10 bits per heavy atom. The van der Waals surface area contributed by atoms with E-state index in [2.05, 4.69) is 25.9 Å². The van der Waals surface area contributed by atoms with Crippen LogP contribution >= 0.6 is 11.6 Å². The maximum Gasteiger partial charge on any atom is 0.255 e. The maximum absolute atomic E-state index is 13.3. The van der Waals surface area contributed by atoms with Crippen molar-refractivity contribution in [3.05, 3.63) is 46.2 Å². The fourth-order valence-corrected chi connectivity index (χ4v) is 6.08. The average molecular weight is 465 g/mol. The molecule has 3 heterocycles. The summed E-state index contributed by atoms with van der Waals surface area (Å²) >= 11 is 6.34. The number of carbonyl (C=O) groups is 1. The van der Waals surface area contributed by atoms with Crippen LogP contribution in [0.15, 0.2) is 29.3 Å². The van der Waals surface area contributed by atoms with E-state index in [9.17, 15) is 13.2 Å². The lowest BCUT2D eigenvalue weighted by molar-refractivity contribution is 0.0732. The van der Waals surface area contributed by atoms with Gasteiger partial charge in [0, 0.05) is 43.9 Å². The molecule has 2 aromatic rings. The van der Waals surface area contributed by atoms with Gasteiger partial charge in [-0.1, -0.05) is 18.0 Å². The molecule has 4 rings (SSSR count). The summed E-state index contributed by atoms with van der Waals surface area (Å²) in [6, 6.07) is 4.44. The molecule has 168 valence electrons. The van der Waals surface area contributed by atoms with Gasteiger partial charge in [-0.25, -0.2) is 8.42 Å². The number of halogens is 1. The summed E-state index contributed by atoms with van der Waals surface area (Å²) in [6.45, 7) is 8.31. The second-order valence-corrected chi connectivity index (χ2v) is 11.6. The first kappa shape index (κ1) is 22.3. The normalized spacial score (nSPS) is 18.1. The zero-order valence-electron chi connectivity index (χ0n) is 18.3. The summed E-state index contributed by atoms with van der Waals surface area (Å²) in [7, 11) is -3.64. The Morgan fingerprint density at radius 3 is 2.48 bits per heavy atom. The Morgan fingerprint density at radius 2 is 1.81 bits per heavy atom. The first-order valence-corrected chi connectivity index (χ1v) is 12.6. The Hall–Kier alpha value is -1.90. The van der Waals surface area contributed by atoms with E-state index in [-0.39, 0.29) is 26.9 Å². The van der Waals surface area contributed by atoms with Gasteiger partial charge >= 0.3 is 0 Å². The van der Waals surface area contributed by atoms with Crippen molar-refractivity contribution in [2.24, 2.45) is 0 Å². The highest BCUT2D eigenvalue weighted by Crippen LogP contribution is 2.29. The summed E-state index contributed by atoms with van der Waals surface area (Å²) < 4.78 is 29.6. The third kappa shape index (κ3) is 4.25. The second-order valence-electron chi connectivity index (χ2n) is 9.28. The lowest BCUT2D eigenvalue weighted by Crippen LogP contribution is -2.38. The smallest absolute Gasteiger partial charge is 0.255 e. The molecule has 1 amide bonds. The summed E-state index contributed by atoms with van der Waals surface area (Å²) in [5, 5.41) is 4.78. The number of fused-ring (bicyclic) bond motifs is 1. The third-order valence-corrected chi connectivity index (χ3v) is 8.20. The lowest BCUT2D eigenvalue weighted by atomic mass is 10.0. The summed E-state index contributed by atoms with van der Waals surface area (Å²) in [5.74, 6) is -0.255. The summed E-state index contributed by atoms with van der Waals surface area (Å²) in [5.41, 5.74) is 2.26. The molecule has 1 aromatic heterocycles. The van der Waals surface area contributed by atoms with Crippen LogP contribution in [0.4, 0.5) is 0 Å². The molecule has 0 saturated carbocycles. The molecule has 0 bridgehead atoms. The van der Waals surface area contributed by atoms with Gasteiger partial charge in [-0.3, -0.25) is 9.48 Å². The van der Waals surface area contributed by atoms with Gasteiger partial charge in [-0.2, -0.15) is 9.40 Å². The Kier molecular flexibility index (Phi) is 5.91. The number of hydrogen-bond acceptors (Lipinski definition) is 4. The number of nitrogens with zero attached hydrogens (tertiary/aromatic N) is 4. The largest absolute Gasteiger partial charge is 0.334 e. The molecule has 0 atom stereocenters. The van der Waals surface area contributed by atoms with Crippen LogP contribution in [0.5, 0.6) is 0 Å². The summed E-state index contributed by atoms with van der Waals surface area (Å²) in [6.07, 6.45) is 5.27. The molecule has 31 heavy (non-hydrogen) atoms. The number of carbonyl (C=O) groups excluding carboxylic acids is 1. The van der Waals surface area contributed by atoms with E-state index in [1.807, 2.05) is 10.9 Å². The van der Waals surface area contributed by atoms with Crippen molar-refractivity contribution in [1.82, 2.24) is 19.0 Å². The zero-order chi connectivity index (χ0) is 22.4. The lowest BCUT2D eigenvalue weighted by Gasteiger charge is -2.30. The van der Waals surface area contributed by atoms with Gasteiger partial charge in [0.1, 0.15) is 0 Å². The van der Waals surface area contributed by atoms with Crippen LogP contribution in [0.25, 0.3) is 0 Å². The van der Waals surface area contributed by atoms with E-state index in [1.165, 1.54) is 22.5 Å². The zero-order valence-corrected chi connectivity index (χ0v) is 19.8. The van der Waals surface area contributed by atoms with Crippen LogP contribution in [0.3, 0.4) is 0 Å². The Balaban J connectivity index is 1.59. The molecule has 2 aliphatic heterocycles. The van der Waals surface area contributed by atoms with Crippen LogP contribution < -0.4 is 0 Å². The number of piperidine rings is 1. The number of amides is 1. The topological polar surface area (TPSA) is 75.5 Å². The number of rotatable bonds is 3.